The van der Waals surface area contributed by atoms with E-state index in [0.717, 1.165) is 6.54 Å². The summed E-state index contributed by atoms with van der Waals surface area (Å²) in [6.45, 7) is 5.55. The Hall–Kier alpha value is -0.410. The molecule has 86 valence electrons. The van der Waals surface area contributed by atoms with Crippen LogP contribution in [0.3, 0.4) is 0 Å². The zero-order valence-electron chi connectivity index (χ0n) is 9.83. The van der Waals surface area contributed by atoms with Crippen LogP contribution in [0.1, 0.15) is 57.0 Å². The van der Waals surface area contributed by atoms with Gasteiger partial charge in [-0.05, 0) is 19.9 Å². The molecule has 2 nitrogen and oxygen atoms in total. The summed E-state index contributed by atoms with van der Waals surface area (Å²) in [6.07, 6.45) is 8.59. The van der Waals surface area contributed by atoms with Crippen molar-refractivity contribution in [3.05, 3.63) is 16.6 Å². The fraction of sp³-hybridized carbons (Fsp3) is 0.750. The number of unbranched alkanes of at least 4 members (excludes halogenated alkanes) is 4. The van der Waals surface area contributed by atoms with Gasteiger partial charge in [0.2, 0.25) is 0 Å². The van der Waals surface area contributed by atoms with Gasteiger partial charge >= 0.3 is 0 Å². The van der Waals surface area contributed by atoms with Crippen molar-refractivity contribution in [3.63, 3.8) is 0 Å². The fourth-order valence-electron chi connectivity index (χ4n) is 1.58. The molecule has 0 spiro atoms. The Morgan fingerprint density at radius 3 is 2.80 bits per heavy atom. The lowest BCUT2D eigenvalue weighted by molar-refractivity contribution is 0.530. The molecule has 1 atom stereocenters. The Morgan fingerprint density at radius 1 is 1.33 bits per heavy atom. The standard InChI is InChI=1S/C12H22N2S/c1-3-4-5-6-7-8-13-11(2)12-14-9-10-15-12/h9-11,13H,3-8H2,1-2H3. The van der Waals surface area contributed by atoms with E-state index in [0.29, 0.717) is 6.04 Å². The molecular weight excluding hydrogens is 204 g/mol. The summed E-state index contributed by atoms with van der Waals surface area (Å²) in [5, 5.41) is 6.74. The van der Waals surface area contributed by atoms with Crippen molar-refractivity contribution < 1.29 is 0 Å². The molecule has 15 heavy (non-hydrogen) atoms. The Kier molecular flexibility index (Phi) is 6.60. The van der Waals surface area contributed by atoms with E-state index in [1.54, 1.807) is 11.3 Å². The molecule has 1 heterocycles. The second-order valence-electron chi connectivity index (χ2n) is 3.96. The number of rotatable bonds is 8. The fourth-order valence-corrected chi connectivity index (χ4v) is 2.25. The Labute approximate surface area is 97.1 Å². The van der Waals surface area contributed by atoms with Gasteiger partial charge in [-0.3, -0.25) is 0 Å². The van der Waals surface area contributed by atoms with E-state index in [9.17, 15) is 0 Å². The zero-order valence-corrected chi connectivity index (χ0v) is 10.6. The van der Waals surface area contributed by atoms with Crippen LogP contribution in [0.15, 0.2) is 11.6 Å². The average molecular weight is 226 g/mol. The topological polar surface area (TPSA) is 24.9 Å². The second-order valence-corrected chi connectivity index (χ2v) is 4.89. The molecule has 0 aliphatic carbocycles. The van der Waals surface area contributed by atoms with Crippen molar-refractivity contribution in [1.82, 2.24) is 10.3 Å². The molecule has 0 saturated heterocycles. The first kappa shape index (κ1) is 12.7. The minimum Gasteiger partial charge on any atom is -0.308 e. The lowest BCUT2D eigenvalue weighted by atomic mass is 10.1. The summed E-state index contributed by atoms with van der Waals surface area (Å²) >= 11 is 1.73. The van der Waals surface area contributed by atoms with Gasteiger partial charge in [-0.25, -0.2) is 4.98 Å². The summed E-state index contributed by atoms with van der Waals surface area (Å²) in [5.74, 6) is 0. The van der Waals surface area contributed by atoms with Crippen molar-refractivity contribution in [3.8, 4) is 0 Å². The van der Waals surface area contributed by atoms with Gasteiger partial charge in [-0.15, -0.1) is 11.3 Å². The Bertz CT molecular complexity index is 234. The van der Waals surface area contributed by atoms with Gasteiger partial charge < -0.3 is 5.32 Å². The third kappa shape index (κ3) is 5.28. The summed E-state index contributed by atoms with van der Waals surface area (Å²) in [7, 11) is 0. The Balaban J connectivity index is 2.00. The van der Waals surface area contributed by atoms with Crippen molar-refractivity contribution in [2.45, 2.75) is 52.0 Å². The molecule has 1 unspecified atom stereocenters. The highest BCUT2D eigenvalue weighted by molar-refractivity contribution is 7.09. The molecule has 0 aliphatic rings. The van der Waals surface area contributed by atoms with Crippen molar-refractivity contribution >= 4 is 11.3 Å². The second kappa shape index (κ2) is 7.83. The number of nitrogens with zero attached hydrogens (tertiary/aromatic N) is 1. The number of aromatic nitrogens is 1. The third-order valence-electron chi connectivity index (χ3n) is 2.55. The van der Waals surface area contributed by atoms with Gasteiger partial charge in [-0.1, -0.05) is 32.6 Å². The van der Waals surface area contributed by atoms with E-state index in [1.165, 1.54) is 37.1 Å². The van der Waals surface area contributed by atoms with Crippen LogP contribution in [-0.4, -0.2) is 11.5 Å². The predicted octanol–water partition coefficient (Wildman–Crippen LogP) is 3.76. The van der Waals surface area contributed by atoms with Gasteiger partial charge in [0.05, 0.1) is 6.04 Å². The molecule has 0 aliphatic heterocycles. The first-order valence-corrected chi connectivity index (χ1v) is 6.85. The van der Waals surface area contributed by atoms with E-state index >= 15 is 0 Å². The smallest absolute Gasteiger partial charge is 0.109 e. The molecule has 0 radical (unpaired) electrons. The number of hydrogen-bond donors (Lipinski definition) is 1. The maximum Gasteiger partial charge on any atom is 0.109 e. The van der Waals surface area contributed by atoms with Crippen LogP contribution in [-0.2, 0) is 0 Å². The molecule has 0 bridgehead atoms. The van der Waals surface area contributed by atoms with E-state index in [1.807, 2.05) is 11.6 Å². The van der Waals surface area contributed by atoms with Crippen LogP contribution >= 0.6 is 11.3 Å². The molecule has 1 rings (SSSR count). The molecule has 1 aromatic heterocycles. The van der Waals surface area contributed by atoms with Crippen LogP contribution in [0.25, 0.3) is 0 Å². The molecule has 0 saturated carbocycles. The number of hydrogen-bond acceptors (Lipinski definition) is 3. The largest absolute Gasteiger partial charge is 0.308 e. The highest BCUT2D eigenvalue weighted by atomic mass is 32.1. The first-order valence-electron chi connectivity index (χ1n) is 5.97. The van der Waals surface area contributed by atoms with Gasteiger partial charge in [0.1, 0.15) is 5.01 Å². The number of nitrogens with one attached hydrogen (secondary N) is 1. The van der Waals surface area contributed by atoms with E-state index in [2.05, 4.69) is 24.1 Å². The average Bonchev–Trinajstić information content (AvgIpc) is 2.76. The van der Waals surface area contributed by atoms with E-state index in [4.69, 9.17) is 0 Å². The summed E-state index contributed by atoms with van der Waals surface area (Å²) in [4.78, 5) is 4.30. The predicted molar refractivity (Wildman–Crippen MR) is 67.3 cm³/mol. The Morgan fingerprint density at radius 2 is 2.13 bits per heavy atom. The first-order chi connectivity index (χ1) is 7.34. The third-order valence-corrected chi connectivity index (χ3v) is 3.51. The zero-order chi connectivity index (χ0) is 10.9. The molecule has 0 amide bonds. The van der Waals surface area contributed by atoms with Crippen LogP contribution in [0, 0.1) is 0 Å². The summed E-state index contributed by atoms with van der Waals surface area (Å²) in [5.41, 5.74) is 0. The summed E-state index contributed by atoms with van der Waals surface area (Å²) < 4.78 is 0. The molecule has 1 N–H and O–H groups in total. The SMILES string of the molecule is CCCCCCCNC(C)c1nccs1. The number of thiazole rings is 1. The minimum atomic E-state index is 0.413. The molecular formula is C12H22N2S. The lowest BCUT2D eigenvalue weighted by Gasteiger charge is -2.10. The highest BCUT2D eigenvalue weighted by Gasteiger charge is 2.05. The molecule has 1 aromatic rings. The van der Waals surface area contributed by atoms with E-state index < -0.39 is 0 Å². The molecule has 0 aromatic carbocycles. The monoisotopic (exact) mass is 226 g/mol. The highest BCUT2D eigenvalue weighted by Crippen LogP contribution is 2.14. The van der Waals surface area contributed by atoms with Gasteiger partial charge in [0.15, 0.2) is 0 Å². The minimum absolute atomic E-state index is 0.413. The van der Waals surface area contributed by atoms with Gasteiger partial charge in [-0.2, -0.15) is 0 Å². The van der Waals surface area contributed by atoms with Gasteiger partial charge in [0.25, 0.3) is 0 Å². The van der Waals surface area contributed by atoms with Crippen LogP contribution in [0.4, 0.5) is 0 Å². The maximum atomic E-state index is 4.30. The van der Waals surface area contributed by atoms with Crippen LogP contribution in [0.5, 0.6) is 0 Å². The maximum absolute atomic E-state index is 4.30. The van der Waals surface area contributed by atoms with Crippen molar-refractivity contribution in [2.24, 2.45) is 0 Å². The van der Waals surface area contributed by atoms with Crippen molar-refractivity contribution in [2.75, 3.05) is 6.54 Å². The summed E-state index contributed by atoms with van der Waals surface area (Å²) in [6, 6.07) is 0.413. The molecule has 0 fully saturated rings. The normalized spacial score (nSPS) is 12.9. The van der Waals surface area contributed by atoms with E-state index in [-0.39, 0.29) is 0 Å². The van der Waals surface area contributed by atoms with Crippen LogP contribution < -0.4 is 5.32 Å². The van der Waals surface area contributed by atoms with Crippen molar-refractivity contribution in [1.29, 1.82) is 0 Å². The quantitative estimate of drug-likeness (QED) is 0.683. The lowest BCUT2D eigenvalue weighted by Crippen LogP contribution is -2.19. The van der Waals surface area contributed by atoms with Crippen LogP contribution in [0.2, 0.25) is 0 Å². The van der Waals surface area contributed by atoms with Gasteiger partial charge in [0, 0.05) is 11.6 Å². The molecule has 3 heteroatoms.